The maximum absolute atomic E-state index is 12.5. The number of amides is 2. The van der Waals surface area contributed by atoms with Gasteiger partial charge in [0, 0.05) is 59.7 Å². The number of ether oxygens (including phenoxy) is 1. The molecule has 0 radical (unpaired) electrons. The van der Waals surface area contributed by atoms with E-state index < -0.39 is 0 Å². The second kappa shape index (κ2) is 10.8. The molecule has 2 aliphatic heterocycles. The van der Waals surface area contributed by atoms with Crippen molar-refractivity contribution in [3.05, 3.63) is 0 Å². The predicted octanol–water partition coefficient (Wildman–Crippen LogP) is 1.60. The van der Waals surface area contributed by atoms with Crippen LogP contribution >= 0.6 is 0 Å². The number of likely N-dealkylation sites (tertiary alicyclic amines) is 2. The van der Waals surface area contributed by atoms with E-state index in [9.17, 15) is 9.59 Å². The van der Waals surface area contributed by atoms with Crippen LogP contribution in [0.25, 0.3) is 0 Å². The third-order valence-corrected chi connectivity index (χ3v) is 5.44. The lowest BCUT2D eigenvalue weighted by Gasteiger charge is -2.34. The van der Waals surface area contributed by atoms with Crippen molar-refractivity contribution in [2.45, 2.75) is 44.9 Å². The summed E-state index contributed by atoms with van der Waals surface area (Å²) >= 11 is 0. The molecular formula is C19H35N3O3. The molecule has 25 heavy (non-hydrogen) atoms. The van der Waals surface area contributed by atoms with Gasteiger partial charge in [0.25, 0.3) is 0 Å². The summed E-state index contributed by atoms with van der Waals surface area (Å²) < 4.78 is 5.17. The van der Waals surface area contributed by atoms with Gasteiger partial charge in [-0.15, -0.1) is 0 Å². The third kappa shape index (κ3) is 6.94. The molecule has 0 aromatic carbocycles. The van der Waals surface area contributed by atoms with Crippen LogP contribution in [-0.4, -0.2) is 86.5 Å². The number of nitrogens with zero attached hydrogens (tertiary/aromatic N) is 3. The van der Waals surface area contributed by atoms with Gasteiger partial charge in [-0.3, -0.25) is 9.59 Å². The van der Waals surface area contributed by atoms with E-state index in [2.05, 4.69) is 4.90 Å². The summed E-state index contributed by atoms with van der Waals surface area (Å²) in [4.78, 5) is 30.7. The van der Waals surface area contributed by atoms with Gasteiger partial charge in [0.1, 0.15) is 0 Å². The highest BCUT2D eigenvalue weighted by Crippen LogP contribution is 2.18. The van der Waals surface area contributed by atoms with Gasteiger partial charge in [-0.1, -0.05) is 6.42 Å². The minimum absolute atomic E-state index is 0.158. The first-order chi connectivity index (χ1) is 12.1. The van der Waals surface area contributed by atoms with E-state index in [1.807, 2.05) is 16.8 Å². The third-order valence-electron chi connectivity index (χ3n) is 5.44. The summed E-state index contributed by atoms with van der Waals surface area (Å²) in [5, 5.41) is 0. The van der Waals surface area contributed by atoms with Crippen LogP contribution in [0.2, 0.25) is 0 Å². The Morgan fingerprint density at radius 3 is 2.84 bits per heavy atom. The molecule has 0 bridgehead atoms. The quantitative estimate of drug-likeness (QED) is 0.665. The van der Waals surface area contributed by atoms with E-state index in [4.69, 9.17) is 4.74 Å². The van der Waals surface area contributed by atoms with Gasteiger partial charge in [0.15, 0.2) is 0 Å². The maximum Gasteiger partial charge on any atom is 0.224 e. The molecule has 2 fully saturated rings. The van der Waals surface area contributed by atoms with E-state index in [-0.39, 0.29) is 11.8 Å². The number of hydrogen-bond donors (Lipinski definition) is 0. The fourth-order valence-electron chi connectivity index (χ4n) is 3.91. The van der Waals surface area contributed by atoms with E-state index in [0.29, 0.717) is 25.3 Å². The van der Waals surface area contributed by atoms with Crippen LogP contribution in [0.5, 0.6) is 0 Å². The van der Waals surface area contributed by atoms with Gasteiger partial charge in [-0.2, -0.15) is 0 Å². The van der Waals surface area contributed by atoms with Gasteiger partial charge in [0.2, 0.25) is 11.8 Å². The highest BCUT2D eigenvalue weighted by atomic mass is 16.5. The molecule has 6 nitrogen and oxygen atoms in total. The highest BCUT2D eigenvalue weighted by Gasteiger charge is 2.23. The summed E-state index contributed by atoms with van der Waals surface area (Å²) in [5.74, 6) is 0.916. The van der Waals surface area contributed by atoms with Crippen molar-refractivity contribution in [2.75, 3.05) is 60.0 Å². The van der Waals surface area contributed by atoms with Crippen LogP contribution in [0.3, 0.4) is 0 Å². The van der Waals surface area contributed by atoms with Gasteiger partial charge >= 0.3 is 0 Å². The van der Waals surface area contributed by atoms with Crippen molar-refractivity contribution in [3.8, 4) is 0 Å². The zero-order chi connectivity index (χ0) is 18.1. The first-order valence-electron chi connectivity index (χ1n) is 9.83. The average Bonchev–Trinajstić information content (AvgIpc) is 2.82. The lowest BCUT2D eigenvalue weighted by molar-refractivity contribution is -0.133. The second-order valence-corrected chi connectivity index (χ2v) is 7.52. The lowest BCUT2D eigenvalue weighted by Crippen LogP contribution is -2.43. The first kappa shape index (κ1) is 20.2. The molecule has 144 valence electrons. The largest absolute Gasteiger partial charge is 0.383 e. The van der Waals surface area contributed by atoms with Crippen molar-refractivity contribution in [3.63, 3.8) is 0 Å². The molecular weight excluding hydrogens is 318 g/mol. The molecule has 0 aromatic rings. The molecule has 2 rings (SSSR count). The summed E-state index contributed by atoms with van der Waals surface area (Å²) in [6, 6.07) is 0. The van der Waals surface area contributed by atoms with E-state index in [1.165, 1.54) is 12.8 Å². The van der Waals surface area contributed by atoms with Crippen molar-refractivity contribution in [1.82, 2.24) is 14.7 Å². The summed E-state index contributed by atoms with van der Waals surface area (Å²) in [6.45, 7) is 6.13. The minimum atomic E-state index is 0.158. The summed E-state index contributed by atoms with van der Waals surface area (Å²) in [5.41, 5.74) is 0. The van der Waals surface area contributed by atoms with Crippen LogP contribution in [0.4, 0.5) is 0 Å². The molecule has 1 unspecified atom stereocenters. The fourth-order valence-corrected chi connectivity index (χ4v) is 3.91. The molecule has 0 spiro atoms. The molecule has 2 heterocycles. The lowest BCUT2D eigenvalue weighted by atomic mass is 9.97. The maximum atomic E-state index is 12.5. The van der Waals surface area contributed by atoms with E-state index in [0.717, 1.165) is 58.6 Å². The fraction of sp³-hybridized carbons (Fsp3) is 0.895. The normalized spacial score (nSPS) is 22.7. The average molecular weight is 354 g/mol. The Labute approximate surface area is 152 Å². The number of carbonyl (C=O) groups is 2. The molecule has 6 heteroatoms. The van der Waals surface area contributed by atoms with Crippen molar-refractivity contribution in [1.29, 1.82) is 0 Å². The molecule has 0 aliphatic carbocycles. The first-order valence-corrected chi connectivity index (χ1v) is 9.83. The SMILES string of the molecule is COCCN1CCCC(CN(C)C(=O)CCN2CCCCCC2=O)C1. The van der Waals surface area contributed by atoms with Gasteiger partial charge in [-0.25, -0.2) is 0 Å². The summed E-state index contributed by atoms with van der Waals surface area (Å²) in [6.07, 6.45) is 6.65. The Morgan fingerprint density at radius 1 is 1.20 bits per heavy atom. The van der Waals surface area contributed by atoms with Crippen molar-refractivity contribution >= 4 is 11.8 Å². The smallest absolute Gasteiger partial charge is 0.224 e. The molecule has 0 aromatic heterocycles. The number of methoxy groups -OCH3 is 1. The molecule has 0 saturated carbocycles. The monoisotopic (exact) mass is 353 g/mol. The van der Waals surface area contributed by atoms with E-state index >= 15 is 0 Å². The Hall–Kier alpha value is -1.14. The molecule has 2 amide bonds. The number of carbonyl (C=O) groups excluding carboxylic acids is 2. The highest BCUT2D eigenvalue weighted by molar-refractivity contribution is 5.79. The molecule has 0 N–H and O–H groups in total. The van der Waals surface area contributed by atoms with Gasteiger partial charge in [0.05, 0.1) is 6.61 Å². The topological polar surface area (TPSA) is 53.1 Å². The van der Waals surface area contributed by atoms with Gasteiger partial charge in [-0.05, 0) is 38.1 Å². The Kier molecular flexibility index (Phi) is 8.68. The summed E-state index contributed by atoms with van der Waals surface area (Å²) in [7, 11) is 3.64. The molecule has 1 atom stereocenters. The van der Waals surface area contributed by atoms with Crippen molar-refractivity contribution in [2.24, 2.45) is 5.92 Å². The van der Waals surface area contributed by atoms with Gasteiger partial charge < -0.3 is 19.4 Å². The van der Waals surface area contributed by atoms with Crippen LogP contribution in [0, 0.1) is 5.92 Å². The zero-order valence-corrected chi connectivity index (χ0v) is 16.0. The molecule has 2 saturated heterocycles. The van der Waals surface area contributed by atoms with E-state index in [1.54, 1.807) is 7.11 Å². The number of hydrogen-bond acceptors (Lipinski definition) is 4. The number of piperidine rings is 1. The predicted molar refractivity (Wildman–Crippen MR) is 98.3 cm³/mol. The Bertz CT molecular complexity index is 430. The minimum Gasteiger partial charge on any atom is -0.383 e. The standard InChI is InChI=1S/C19H35N3O3/c1-20(15-17-7-6-10-21(16-17)13-14-25-2)18(23)9-12-22-11-5-3-4-8-19(22)24/h17H,3-16H2,1-2H3. The van der Waals surface area contributed by atoms with Crippen LogP contribution in [0.15, 0.2) is 0 Å². The second-order valence-electron chi connectivity index (χ2n) is 7.52. The Morgan fingerprint density at radius 2 is 2.04 bits per heavy atom. The van der Waals surface area contributed by atoms with Crippen molar-refractivity contribution < 1.29 is 14.3 Å². The van der Waals surface area contributed by atoms with Crippen LogP contribution < -0.4 is 0 Å². The van der Waals surface area contributed by atoms with Crippen LogP contribution in [0.1, 0.15) is 44.9 Å². The zero-order valence-electron chi connectivity index (χ0n) is 16.0. The Balaban J connectivity index is 1.71. The van der Waals surface area contributed by atoms with Crippen LogP contribution in [-0.2, 0) is 14.3 Å². The molecule has 2 aliphatic rings. The number of rotatable bonds is 8.